The van der Waals surface area contributed by atoms with Crippen LogP contribution < -0.4 is 11.0 Å². The molecular formula is C28H22N4O3. The van der Waals surface area contributed by atoms with Crippen molar-refractivity contribution in [2.75, 3.05) is 5.32 Å². The van der Waals surface area contributed by atoms with E-state index in [0.29, 0.717) is 11.3 Å². The average Bonchev–Trinajstić information content (AvgIpc) is 3.30. The van der Waals surface area contributed by atoms with Gasteiger partial charge in [-0.3, -0.25) is 14.6 Å². The highest BCUT2D eigenvalue weighted by Gasteiger charge is 2.17. The van der Waals surface area contributed by atoms with E-state index in [1.54, 1.807) is 36.4 Å². The van der Waals surface area contributed by atoms with Crippen LogP contribution in [0.5, 0.6) is 0 Å². The summed E-state index contributed by atoms with van der Waals surface area (Å²) in [4.78, 5) is 46.5. The molecule has 3 N–H and O–H groups in total. The molecule has 0 spiro atoms. The van der Waals surface area contributed by atoms with Crippen LogP contribution in [0.2, 0.25) is 0 Å². The first-order valence-corrected chi connectivity index (χ1v) is 11.1. The Labute approximate surface area is 200 Å². The monoisotopic (exact) mass is 462 g/mol. The van der Waals surface area contributed by atoms with Gasteiger partial charge in [-0.05, 0) is 60.9 Å². The van der Waals surface area contributed by atoms with E-state index in [2.05, 4.69) is 32.4 Å². The van der Waals surface area contributed by atoms with Crippen LogP contribution in [-0.4, -0.2) is 26.6 Å². The zero-order valence-electron chi connectivity index (χ0n) is 19.0. The highest BCUT2D eigenvalue weighted by molar-refractivity contribution is 6.14. The number of hydrogen-bond donors (Lipinski definition) is 3. The topological polar surface area (TPSA) is 108 Å². The summed E-state index contributed by atoms with van der Waals surface area (Å²) in [6.45, 7) is 1.99. The first-order valence-electron chi connectivity index (χ1n) is 11.1. The Morgan fingerprint density at radius 3 is 2.46 bits per heavy atom. The summed E-state index contributed by atoms with van der Waals surface area (Å²) in [5.41, 5.74) is 4.97. The first-order chi connectivity index (χ1) is 17.0. The van der Waals surface area contributed by atoms with Gasteiger partial charge in [0.25, 0.3) is 5.91 Å². The van der Waals surface area contributed by atoms with Crippen molar-refractivity contribution in [3.63, 3.8) is 0 Å². The Bertz CT molecular complexity index is 1610. The van der Waals surface area contributed by atoms with Crippen LogP contribution in [0.15, 0.2) is 89.9 Å². The van der Waals surface area contributed by atoms with Gasteiger partial charge in [0.15, 0.2) is 0 Å². The molecule has 3 aromatic carbocycles. The third kappa shape index (κ3) is 4.65. The van der Waals surface area contributed by atoms with Crippen molar-refractivity contribution in [3.05, 3.63) is 129 Å². The van der Waals surface area contributed by atoms with E-state index >= 15 is 0 Å². The number of ketones is 1. The SMILES string of the molecule is Cc1cc(Cc2ccc(C(=O)Nc3ccccc3C(=O)c3c[nH]c(=O)[nH]3)cc2)c2ccccc2n1. The number of nitrogens with zero attached hydrogens (tertiary/aromatic N) is 1. The molecule has 2 aromatic heterocycles. The van der Waals surface area contributed by atoms with Crippen molar-refractivity contribution in [2.24, 2.45) is 0 Å². The van der Waals surface area contributed by atoms with Gasteiger partial charge in [-0.15, -0.1) is 0 Å². The Kier molecular flexibility index (Phi) is 5.81. The molecule has 1 amide bonds. The Hall–Kier alpha value is -4.78. The molecule has 0 bridgehead atoms. The van der Waals surface area contributed by atoms with Crippen molar-refractivity contribution < 1.29 is 9.59 Å². The number of aryl methyl sites for hydroxylation is 1. The Morgan fingerprint density at radius 1 is 0.943 bits per heavy atom. The first kappa shape index (κ1) is 22.0. The molecular weight excluding hydrogens is 440 g/mol. The lowest BCUT2D eigenvalue weighted by Gasteiger charge is -2.11. The normalized spacial score (nSPS) is 10.9. The number of rotatable bonds is 6. The van der Waals surface area contributed by atoms with Crippen molar-refractivity contribution in [1.29, 1.82) is 0 Å². The fourth-order valence-corrected chi connectivity index (χ4v) is 4.12. The second-order valence-corrected chi connectivity index (χ2v) is 8.30. The Balaban J connectivity index is 1.35. The van der Waals surface area contributed by atoms with Gasteiger partial charge < -0.3 is 15.3 Å². The van der Waals surface area contributed by atoms with E-state index in [0.717, 1.165) is 28.6 Å². The number of carbonyl (C=O) groups is 2. The number of H-pyrrole nitrogens is 2. The zero-order valence-corrected chi connectivity index (χ0v) is 19.0. The summed E-state index contributed by atoms with van der Waals surface area (Å²) < 4.78 is 0. The molecule has 0 aliphatic carbocycles. The number of carbonyl (C=O) groups excluding carboxylic acids is 2. The van der Waals surface area contributed by atoms with Crippen LogP contribution in [0.4, 0.5) is 5.69 Å². The standard InChI is InChI=1S/C28H22N4O3/c1-17-14-20(21-6-2-4-8-23(21)30-17)15-18-10-12-19(13-11-18)27(34)31-24-9-5-3-7-22(24)26(33)25-16-29-28(35)32-25/h2-14,16H,15H2,1H3,(H,31,34)(H2,29,32,35). The number of pyridine rings is 1. The summed E-state index contributed by atoms with van der Waals surface area (Å²) in [6.07, 6.45) is 2.04. The van der Waals surface area contributed by atoms with Crippen LogP contribution in [-0.2, 0) is 6.42 Å². The molecule has 172 valence electrons. The van der Waals surface area contributed by atoms with E-state index in [4.69, 9.17) is 0 Å². The van der Waals surface area contributed by atoms with Crippen molar-refractivity contribution in [2.45, 2.75) is 13.3 Å². The minimum Gasteiger partial charge on any atom is -0.321 e. The van der Waals surface area contributed by atoms with Crippen LogP contribution in [0.3, 0.4) is 0 Å². The molecule has 0 saturated heterocycles. The second-order valence-electron chi connectivity index (χ2n) is 8.30. The summed E-state index contributed by atoms with van der Waals surface area (Å²) >= 11 is 0. The molecule has 0 fully saturated rings. The minimum atomic E-state index is -0.468. The highest BCUT2D eigenvalue weighted by atomic mass is 16.2. The van der Waals surface area contributed by atoms with Gasteiger partial charge in [0, 0.05) is 28.4 Å². The molecule has 2 heterocycles. The summed E-state index contributed by atoms with van der Waals surface area (Å²) in [5.74, 6) is -0.723. The summed E-state index contributed by atoms with van der Waals surface area (Å²) in [5, 5.41) is 3.93. The van der Waals surface area contributed by atoms with E-state index in [9.17, 15) is 14.4 Å². The lowest BCUT2D eigenvalue weighted by molar-refractivity contribution is 0.102. The number of amides is 1. The molecule has 5 aromatic rings. The second kappa shape index (κ2) is 9.23. The molecule has 0 radical (unpaired) electrons. The molecule has 35 heavy (non-hydrogen) atoms. The van der Waals surface area contributed by atoms with E-state index in [-0.39, 0.29) is 17.2 Å². The van der Waals surface area contributed by atoms with E-state index < -0.39 is 11.5 Å². The largest absolute Gasteiger partial charge is 0.323 e. The molecule has 0 aliphatic rings. The van der Waals surface area contributed by atoms with Crippen LogP contribution in [0, 0.1) is 6.92 Å². The molecule has 7 nitrogen and oxygen atoms in total. The van der Waals surface area contributed by atoms with Crippen molar-refractivity contribution in [1.82, 2.24) is 15.0 Å². The third-order valence-corrected chi connectivity index (χ3v) is 5.80. The molecule has 0 aliphatic heterocycles. The fraction of sp³-hybridized carbons (Fsp3) is 0.0714. The van der Waals surface area contributed by atoms with Crippen LogP contribution >= 0.6 is 0 Å². The smallest absolute Gasteiger partial charge is 0.321 e. The van der Waals surface area contributed by atoms with E-state index in [1.807, 2.05) is 37.3 Å². The maximum absolute atomic E-state index is 12.9. The van der Waals surface area contributed by atoms with Gasteiger partial charge in [0.05, 0.1) is 11.2 Å². The zero-order chi connectivity index (χ0) is 24.4. The number of aromatic amines is 2. The summed E-state index contributed by atoms with van der Waals surface area (Å²) in [7, 11) is 0. The number of benzene rings is 3. The minimum absolute atomic E-state index is 0.125. The number of anilines is 1. The van der Waals surface area contributed by atoms with Crippen LogP contribution in [0.25, 0.3) is 10.9 Å². The number of imidazole rings is 1. The highest BCUT2D eigenvalue weighted by Crippen LogP contribution is 2.22. The lowest BCUT2D eigenvalue weighted by atomic mass is 9.99. The lowest BCUT2D eigenvalue weighted by Crippen LogP contribution is -2.15. The van der Waals surface area contributed by atoms with Crippen molar-refractivity contribution in [3.8, 4) is 0 Å². The molecule has 0 saturated carbocycles. The van der Waals surface area contributed by atoms with Crippen LogP contribution in [0.1, 0.15) is 43.2 Å². The average molecular weight is 463 g/mol. The van der Waals surface area contributed by atoms with Gasteiger partial charge >= 0.3 is 5.69 Å². The van der Waals surface area contributed by atoms with Gasteiger partial charge in [0.2, 0.25) is 5.78 Å². The van der Waals surface area contributed by atoms with Gasteiger partial charge in [-0.1, -0.05) is 42.5 Å². The number of aromatic nitrogens is 3. The maximum Gasteiger partial charge on any atom is 0.323 e. The number of fused-ring (bicyclic) bond motifs is 1. The Morgan fingerprint density at radius 2 is 1.69 bits per heavy atom. The number of nitrogens with one attached hydrogen (secondary N) is 3. The van der Waals surface area contributed by atoms with Gasteiger partial charge in [0.1, 0.15) is 5.69 Å². The number of para-hydroxylation sites is 2. The van der Waals surface area contributed by atoms with Gasteiger partial charge in [-0.2, -0.15) is 0 Å². The molecule has 5 rings (SSSR count). The number of hydrogen-bond acceptors (Lipinski definition) is 4. The van der Waals surface area contributed by atoms with Gasteiger partial charge in [-0.25, -0.2) is 4.79 Å². The third-order valence-electron chi connectivity index (χ3n) is 5.80. The fourth-order valence-electron chi connectivity index (χ4n) is 4.12. The van der Waals surface area contributed by atoms with E-state index in [1.165, 1.54) is 11.8 Å². The molecule has 7 heteroatoms. The molecule has 0 unspecified atom stereocenters. The summed E-state index contributed by atoms with van der Waals surface area (Å²) in [6, 6.07) is 24.3. The maximum atomic E-state index is 12.9. The predicted octanol–water partition coefficient (Wildman–Crippen LogP) is 4.63. The molecule has 0 atom stereocenters. The van der Waals surface area contributed by atoms with Crippen molar-refractivity contribution >= 4 is 28.3 Å². The predicted molar refractivity (Wildman–Crippen MR) is 135 cm³/mol. The quantitative estimate of drug-likeness (QED) is 0.320.